The van der Waals surface area contributed by atoms with E-state index in [1.165, 1.54) is 44.1 Å². The second-order valence-corrected chi connectivity index (χ2v) is 8.69. The molecule has 0 aliphatic heterocycles. The number of benzene rings is 2. The Balaban J connectivity index is 0.00000385. The number of halogens is 1. The van der Waals surface area contributed by atoms with E-state index in [4.69, 9.17) is 5.73 Å². The Morgan fingerprint density at radius 3 is 2.36 bits per heavy atom. The lowest BCUT2D eigenvalue weighted by Gasteiger charge is -2.08. The lowest BCUT2D eigenvalue weighted by molar-refractivity contribution is -0.116. The zero-order valence-corrected chi connectivity index (χ0v) is 20.7. The second kappa shape index (κ2) is 14.6. The number of amides is 1. The van der Waals surface area contributed by atoms with Crippen molar-refractivity contribution in [2.75, 3.05) is 11.1 Å². The van der Waals surface area contributed by atoms with Crippen LogP contribution in [0.25, 0.3) is 11.0 Å². The average molecular weight is 471 g/mol. The number of nitrogen functional groups attached to an aromatic ring is 1. The molecule has 0 aliphatic carbocycles. The van der Waals surface area contributed by atoms with E-state index in [9.17, 15) is 4.79 Å². The summed E-state index contributed by atoms with van der Waals surface area (Å²) in [6, 6.07) is 16.4. The lowest BCUT2D eigenvalue weighted by atomic mass is 10.1. The standard InChI is InChI=1S/C27H38N4O.ClH/c1-2-3-4-5-6-7-8-12-17-26(32)29-23-18-19-25-24(21-23)30-27(28)31(25)20-13-16-22-14-10-9-11-15-22;/h9-11,14-15,18-19,21H,2-8,12-13,16-17,20H2,1H3,(H2,28,30)(H,29,32);1H. The van der Waals surface area contributed by atoms with Gasteiger partial charge in [0, 0.05) is 18.7 Å². The minimum absolute atomic E-state index is 0. The van der Waals surface area contributed by atoms with Crippen LogP contribution in [0.4, 0.5) is 11.6 Å². The summed E-state index contributed by atoms with van der Waals surface area (Å²) in [6.07, 6.45) is 12.4. The number of nitrogens with one attached hydrogen (secondary N) is 1. The number of nitrogens with two attached hydrogens (primary N) is 1. The van der Waals surface area contributed by atoms with Gasteiger partial charge in [-0.3, -0.25) is 4.79 Å². The number of aryl methyl sites for hydroxylation is 2. The normalized spacial score (nSPS) is 10.8. The van der Waals surface area contributed by atoms with E-state index in [0.29, 0.717) is 12.4 Å². The van der Waals surface area contributed by atoms with E-state index in [-0.39, 0.29) is 18.3 Å². The molecule has 0 unspecified atom stereocenters. The molecule has 0 saturated heterocycles. The third kappa shape index (κ3) is 8.73. The summed E-state index contributed by atoms with van der Waals surface area (Å²) >= 11 is 0. The molecule has 0 saturated carbocycles. The summed E-state index contributed by atoms with van der Waals surface area (Å²) in [7, 11) is 0. The van der Waals surface area contributed by atoms with Crippen LogP contribution in [-0.2, 0) is 17.8 Å². The molecule has 0 aliphatic rings. The smallest absolute Gasteiger partial charge is 0.224 e. The summed E-state index contributed by atoms with van der Waals surface area (Å²) in [4.78, 5) is 16.8. The van der Waals surface area contributed by atoms with Crippen LogP contribution in [-0.4, -0.2) is 15.5 Å². The van der Waals surface area contributed by atoms with Gasteiger partial charge in [0.1, 0.15) is 0 Å². The fourth-order valence-electron chi connectivity index (χ4n) is 4.19. The Morgan fingerprint density at radius 1 is 0.939 bits per heavy atom. The molecule has 6 heteroatoms. The van der Waals surface area contributed by atoms with E-state index in [1.54, 1.807) is 0 Å². The van der Waals surface area contributed by atoms with Gasteiger partial charge in [-0.2, -0.15) is 0 Å². The molecule has 0 spiro atoms. The van der Waals surface area contributed by atoms with Crippen molar-refractivity contribution in [3.05, 3.63) is 54.1 Å². The number of hydrogen-bond acceptors (Lipinski definition) is 3. The highest BCUT2D eigenvalue weighted by molar-refractivity contribution is 5.93. The first-order valence-electron chi connectivity index (χ1n) is 12.3. The van der Waals surface area contributed by atoms with Crippen molar-refractivity contribution in [3.63, 3.8) is 0 Å². The van der Waals surface area contributed by atoms with Gasteiger partial charge >= 0.3 is 0 Å². The SMILES string of the molecule is CCCCCCCCCCC(=O)Nc1ccc2c(c1)nc(N)n2CCCc1ccccc1.Cl. The molecule has 3 aromatic rings. The number of fused-ring (bicyclic) bond motifs is 1. The number of anilines is 2. The number of nitrogens with zero attached hydrogens (tertiary/aromatic N) is 2. The quantitative estimate of drug-likeness (QED) is 0.246. The number of hydrogen-bond donors (Lipinski definition) is 2. The molecule has 0 bridgehead atoms. The first-order chi connectivity index (χ1) is 15.7. The van der Waals surface area contributed by atoms with Gasteiger partial charge in [-0.1, -0.05) is 82.2 Å². The predicted molar refractivity (Wildman–Crippen MR) is 142 cm³/mol. The topological polar surface area (TPSA) is 72.9 Å². The molecule has 33 heavy (non-hydrogen) atoms. The summed E-state index contributed by atoms with van der Waals surface area (Å²) < 4.78 is 2.06. The van der Waals surface area contributed by atoms with E-state index in [2.05, 4.69) is 46.1 Å². The molecule has 180 valence electrons. The van der Waals surface area contributed by atoms with Gasteiger partial charge in [0.2, 0.25) is 11.9 Å². The van der Waals surface area contributed by atoms with Gasteiger partial charge in [0.05, 0.1) is 11.0 Å². The molecule has 0 atom stereocenters. The molecule has 3 N–H and O–H groups in total. The maximum Gasteiger partial charge on any atom is 0.224 e. The summed E-state index contributed by atoms with van der Waals surface area (Å²) in [6.45, 7) is 3.06. The monoisotopic (exact) mass is 470 g/mol. The van der Waals surface area contributed by atoms with Crippen LogP contribution in [0.3, 0.4) is 0 Å². The average Bonchev–Trinajstić information content (AvgIpc) is 3.10. The maximum absolute atomic E-state index is 12.3. The highest BCUT2D eigenvalue weighted by atomic mass is 35.5. The zero-order valence-electron chi connectivity index (χ0n) is 19.9. The number of unbranched alkanes of at least 4 members (excludes halogenated alkanes) is 7. The third-order valence-corrected chi connectivity index (χ3v) is 6.01. The van der Waals surface area contributed by atoms with Crippen molar-refractivity contribution in [2.24, 2.45) is 0 Å². The van der Waals surface area contributed by atoms with E-state index < -0.39 is 0 Å². The Morgan fingerprint density at radius 2 is 1.64 bits per heavy atom. The third-order valence-electron chi connectivity index (χ3n) is 6.01. The first kappa shape index (κ1) is 26.7. The van der Waals surface area contributed by atoms with Gasteiger partial charge in [-0.15, -0.1) is 12.4 Å². The van der Waals surface area contributed by atoms with Crippen LogP contribution in [0.2, 0.25) is 0 Å². The van der Waals surface area contributed by atoms with Gasteiger partial charge in [0.15, 0.2) is 0 Å². The Labute approximate surface area is 204 Å². The molecular weight excluding hydrogens is 432 g/mol. The van der Waals surface area contributed by atoms with Crippen molar-refractivity contribution in [1.82, 2.24) is 9.55 Å². The van der Waals surface area contributed by atoms with Crippen LogP contribution in [0.1, 0.15) is 76.7 Å². The molecular formula is C27H39ClN4O. The van der Waals surface area contributed by atoms with Crippen LogP contribution < -0.4 is 11.1 Å². The molecule has 2 aromatic carbocycles. The minimum Gasteiger partial charge on any atom is -0.369 e. The van der Waals surface area contributed by atoms with Crippen LogP contribution in [0.5, 0.6) is 0 Å². The fourth-order valence-corrected chi connectivity index (χ4v) is 4.19. The maximum atomic E-state index is 12.3. The molecule has 5 nitrogen and oxygen atoms in total. The number of carbonyl (C=O) groups is 1. The Bertz CT molecular complexity index is 971. The van der Waals surface area contributed by atoms with Gasteiger partial charge in [-0.05, 0) is 43.0 Å². The highest BCUT2D eigenvalue weighted by Crippen LogP contribution is 2.23. The second-order valence-electron chi connectivity index (χ2n) is 8.69. The Hall–Kier alpha value is -2.53. The number of imidazole rings is 1. The largest absolute Gasteiger partial charge is 0.369 e. The molecule has 0 radical (unpaired) electrons. The summed E-state index contributed by atoms with van der Waals surface area (Å²) in [5.74, 6) is 0.598. The zero-order chi connectivity index (χ0) is 22.6. The van der Waals surface area contributed by atoms with Crippen molar-refractivity contribution >= 4 is 41.0 Å². The van der Waals surface area contributed by atoms with E-state index in [0.717, 1.165) is 48.9 Å². The van der Waals surface area contributed by atoms with Crippen molar-refractivity contribution < 1.29 is 4.79 Å². The Kier molecular flexibility index (Phi) is 11.8. The fraction of sp³-hybridized carbons (Fsp3) is 0.481. The predicted octanol–water partition coefficient (Wildman–Crippen LogP) is 7.14. The molecule has 1 amide bonds. The highest BCUT2D eigenvalue weighted by Gasteiger charge is 2.10. The van der Waals surface area contributed by atoms with Crippen molar-refractivity contribution in [1.29, 1.82) is 0 Å². The molecule has 0 fully saturated rings. The van der Waals surface area contributed by atoms with Gasteiger partial charge in [0.25, 0.3) is 0 Å². The van der Waals surface area contributed by atoms with E-state index in [1.807, 2.05) is 24.3 Å². The molecule has 3 rings (SSSR count). The van der Waals surface area contributed by atoms with E-state index >= 15 is 0 Å². The van der Waals surface area contributed by atoms with Crippen LogP contribution in [0.15, 0.2) is 48.5 Å². The number of carbonyl (C=O) groups excluding carboxylic acids is 1. The van der Waals surface area contributed by atoms with Crippen molar-refractivity contribution in [3.8, 4) is 0 Å². The lowest BCUT2D eigenvalue weighted by Crippen LogP contribution is -2.11. The summed E-state index contributed by atoms with van der Waals surface area (Å²) in [5.41, 5.74) is 10.1. The molecule has 1 aromatic heterocycles. The van der Waals surface area contributed by atoms with Crippen LogP contribution in [0, 0.1) is 0 Å². The molecule has 1 heterocycles. The van der Waals surface area contributed by atoms with Gasteiger partial charge < -0.3 is 15.6 Å². The van der Waals surface area contributed by atoms with Crippen molar-refractivity contribution in [2.45, 2.75) is 84.1 Å². The number of rotatable bonds is 14. The first-order valence-corrected chi connectivity index (χ1v) is 12.3. The number of aromatic nitrogens is 2. The minimum atomic E-state index is 0. The summed E-state index contributed by atoms with van der Waals surface area (Å²) in [5, 5.41) is 3.02. The van der Waals surface area contributed by atoms with Crippen LogP contribution >= 0.6 is 12.4 Å². The van der Waals surface area contributed by atoms with Gasteiger partial charge in [-0.25, -0.2) is 4.98 Å².